The summed E-state index contributed by atoms with van der Waals surface area (Å²) in [6.45, 7) is 4.45. The number of hydrogen-bond acceptors (Lipinski definition) is 5. The van der Waals surface area contributed by atoms with Crippen molar-refractivity contribution in [2.75, 3.05) is 6.54 Å². The maximum Gasteiger partial charge on any atom is 0.250 e. The van der Waals surface area contributed by atoms with E-state index in [-0.39, 0.29) is 11.9 Å². The predicted molar refractivity (Wildman–Crippen MR) is 75.1 cm³/mol. The Labute approximate surface area is 123 Å². The second kappa shape index (κ2) is 5.23. The molecule has 0 aromatic carbocycles. The molecule has 1 aliphatic rings. The Morgan fingerprint density at radius 2 is 2.19 bits per heavy atom. The van der Waals surface area contributed by atoms with Crippen LogP contribution in [0.25, 0.3) is 0 Å². The number of likely N-dealkylation sites (tertiary alicyclic amines) is 1. The number of hydrogen-bond donors (Lipinski definition) is 0. The van der Waals surface area contributed by atoms with Gasteiger partial charge in [-0.1, -0.05) is 0 Å². The molecule has 1 saturated heterocycles. The zero-order chi connectivity index (χ0) is 14.9. The molecule has 3 heterocycles. The summed E-state index contributed by atoms with van der Waals surface area (Å²) in [6.07, 6.45) is 9.95. The summed E-state index contributed by atoms with van der Waals surface area (Å²) in [7, 11) is 0. The molecule has 0 aliphatic carbocycles. The van der Waals surface area contributed by atoms with E-state index in [1.165, 1.54) is 6.33 Å². The van der Waals surface area contributed by atoms with Crippen molar-refractivity contribution in [1.82, 2.24) is 29.6 Å². The number of carbonyl (C=O) groups excluding carboxylic acids is 1. The van der Waals surface area contributed by atoms with Gasteiger partial charge in [-0.2, -0.15) is 5.10 Å². The Kier molecular flexibility index (Phi) is 3.40. The number of rotatable bonds is 3. The second-order valence-corrected chi connectivity index (χ2v) is 5.69. The SMILES string of the molecule is CC(C)(C(=O)N1CCC[C@H]1c1cnccn1)n1cncn1. The van der Waals surface area contributed by atoms with Crippen molar-refractivity contribution in [1.29, 1.82) is 0 Å². The molecule has 1 aliphatic heterocycles. The minimum absolute atomic E-state index is 0.00556. The van der Waals surface area contributed by atoms with E-state index in [2.05, 4.69) is 20.1 Å². The third kappa shape index (κ3) is 2.39. The van der Waals surface area contributed by atoms with E-state index in [0.29, 0.717) is 0 Å². The monoisotopic (exact) mass is 286 g/mol. The van der Waals surface area contributed by atoms with Gasteiger partial charge in [0.15, 0.2) is 0 Å². The second-order valence-electron chi connectivity index (χ2n) is 5.69. The Bertz CT molecular complexity index is 610. The van der Waals surface area contributed by atoms with Gasteiger partial charge in [0, 0.05) is 18.9 Å². The van der Waals surface area contributed by atoms with Gasteiger partial charge in [0.05, 0.1) is 17.9 Å². The van der Waals surface area contributed by atoms with Crippen LogP contribution in [0.3, 0.4) is 0 Å². The quantitative estimate of drug-likeness (QED) is 0.846. The topological polar surface area (TPSA) is 76.8 Å². The predicted octanol–water partition coefficient (Wildman–Crippen LogP) is 1.17. The third-order valence-corrected chi connectivity index (χ3v) is 3.95. The van der Waals surface area contributed by atoms with Crippen molar-refractivity contribution in [3.05, 3.63) is 36.9 Å². The highest BCUT2D eigenvalue weighted by molar-refractivity contribution is 5.84. The number of nitrogens with zero attached hydrogens (tertiary/aromatic N) is 6. The summed E-state index contributed by atoms with van der Waals surface area (Å²) in [6, 6.07) is -0.00556. The van der Waals surface area contributed by atoms with Crippen LogP contribution in [0.5, 0.6) is 0 Å². The summed E-state index contributed by atoms with van der Waals surface area (Å²) in [5, 5.41) is 4.11. The molecule has 2 aromatic rings. The van der Waals surface area contributed by atoms with E-state index in [4.69, 9.17) is 0 Å². The first-order valence-corrected chi connectivity index (χ1v) is 7.03. The lowest BCUT2D eigenvalue weighted by atomic mass is 10.0. The normalized spacial score (nSPS) is 19.0. The zero-order valence-electron chi connectivity index (χ0n) is 12.2. The Hall–Kier alpha value is -2.31. The molecule has 0 N–H and O–H groups in total. The summed E-state index contributed by atoms with van der Waals surface area (Å²) in [5.41, 5.74) is 0.0825. The molecule has 3 rings (SSSR count). The van der Waals surface area contributed by atoms with Gasteiger partial charge in [0.25, 0.3) is 5.91 Å². The average Bonchev–Trinajstić information content (AvgIpc) is 3.18. The largest absolute Gasteiger partial charge is 0.332 e. The molecule has 7 heteroatoms. The highest BCUT2D eigenvalue weighted by Gasteiger charge is 2.40. The fourth-order valence-corrected chi connectivity index (χ4v) is 2.75. The van der Waals surface area contributed by atoms with Crippen LogP contribution in [0.15, 0.2) is 31.2 Å². The maximum absolute atomic E-state index is 12.9. The van der Waals surface area contributed by atoms with Crippen LogP contribution in [-0.4, -0.2) is 42.1 Å². The summed E-state index contributed by atoms with van der Waals surface area (Å²) >= 11 is 0. The first-order chi connectivity index (χ1) is 10.1. The van der Waals surface area contributed by atoms with Gasteiger partial charge in [0.2, 0.25) is 0 Å². The third-order valence-electron chi connectivity index (χ3n) is 3.95. The molecular weight excluding hydrogens is 268 g/mol. The molecular formula is C14H18N6O. The molecule has 7 nitrogen and oxygen atoms in total. The van der Waals surface area contributed by atoms with E-state index in [1.54, 1.807) is 29.6 Å². The number of carbonyl (C=O) groups is 1. The number of amides is 1. The van der Waals surface area contributed by atoms with E-state index >= 15 is 0 Å². The van der Waals surface area contributed by atoms with Crippen LogP contribution in [0, 0.1) is 0 Å². The van der Waals surface area contributed by atoms with Gasteiger partial charge < -0.3 is 4.90 Å². The molecule has 0 unspecified atom stereocenters. The van der Waals surface area contributed by atoms with E-state index in [1.807, 2.05) is 18.7 Å². The summed E-state index contributed by atoms with van der Waals surface area (Å²) < 4.78 is 1.60. The molecule has 0 bridgehead atoms. The van der Waals surface area contributed by atoms with Gasteiger partial charge in [-0.3, -0.25) is 14.8 Å². The molecule has 2 aromatic heterocycles. The molecule has 0 saturated carbocycles. The van der Waals surface area contributed by atoms with E-state index < -0.39 is 5.54 Å². The molecule has 0 radical (unpaired) electrons. The van der Waals surface area contributed by atoms with Crippen LogP contribution >= 0.6 is 0 Å². The number of aromatic nitrogens is 5. The van der Waals surface area contributed by atoms with Gasteiger partial charge in [-0.05, 0) is 26.7 Å². The van der Waals surface area contributed by atoms with Gasteiger partial charge >= 0.3 is 0 Å². The highest BCUT2D eigenvalue weighted by atomic mass is 16.2. The fraction of sp³-hybridized carbons (Fsp3) is 0.500. The molecule has 0 spiro atoms. The van der Waals surface area contributed by atoms with Crippen LogP contribution in [0.1, 0.15) is 38.4 Å². The van der Waals surface area contributed by atoms with Crippen molar-refractivity contribution in [2.45, 2.75) is 38.3 Å². The van der Waals surface area contributed by atoms with Crippen molar-refractivity contribution in [2.24, 2.45) is 0 Å². The Morgan fingerprint density at radius 3 is 2.86 bits per heavy atom. The standard InChI is InChI=1S/C14H18N6O/c1-14(2,20-10-16-9-18-20)13(21)19-7-3-4-12(19)11-8-15-5-6-17-11/h5-6,8-10,12H,3-4,7H2,1-2H3/t12-/m0/s1. The van der Waals surface area contributed by atoms with Gasteiger partial charge in [-0.25, -0.2) is 9.67 Å². The average molecular weight is 286 g/mol. The van der Waals surface area contributed by atoms with Crippen molar-refractivity contribution >= 4 is 5.91 Å². The molecule has 110 valence electrons. The lowest BCUT2D eigenvalue weighted by molar-refractivity contribution is -0.140. The lowest BCUT2D eigenvalue weighted by Crippen LogP contribution is -2.47. The molecule has 1 fully saturated rings. The Morgan fingerprint density at radius 1 is 1.33 bits per heavy atom. The molecule has 1 amide bonds. The van der Waals surface area contributed by atoms with Crippen LogP contribution in [-0.2, 0) is 10.3 Å². The van der Waals surface area contributed by atoms with E-state index in [9.17, 15) is 4.79 Å². The first-order valence-electron chi connectivity index (χ1n) is 7.03. The van der Waals surface area contributed by atoms with Crippen LogP contribution in [0.2, 0.25) is 0 Å². The van der Waals surface area contributed by atoms with Crippen LogP contribution in [0.4, 0.5) is 0 Å². The molecule has 1 atom stereocenters. The summed E-state index contributed by atoms with van der Waals surface area (Å²) in [4.78, 5) is 27.2. The van der Waals surface area contributed by atoms with Gasteiger partial charge in [0.1, 0.15) is 18.2 Å². The smallest absolute Gasteiger partial charge is 0.250 e. The van der Waals surface area contributed by atoms with E-state index in [0.717, 1.165) is 25.1 Å². The maximum atomic E-state index is 12.9. The minimum atomic E-state index is -0.763. The van der Waals surface area contributed by atoms with Crippen LogP contribution < -0.4 is 0 Å². The molecule has 21 heavy (non-hydrogen) atoms. The zero-order valence-corrected chi connectivity index (χ0v) is 12.2. The van der Waals surface area contributed by atoms with Crippen molar-refractivity contribution in [3.8, 4) is 0 Å². The summed E-state index contributed by atoms with van der Waals surface area (Å²) in [5.74, 6) is 0.0288. The van der Waals surface area contributed by atoms with Gasteiger partial charge in [-0.15, -0.1) is 0 Å². The van der Waals surface area contributed by atoms with Crippen molar-refractivity contribution in [3.63, 3.8) is 0 Å². The van der Waals surface area contributed by atoms with Crippen molar-refractivity contribution < 1.29 is 4.79 Å². The first kappa shape index (κ1) is 13.7. The minimum Gasteiger partial charge on any atom is -0.332 e. The fourth-order valence-electron chi connectivity index (χ4n) is 2.75. The lowest BCUT2D eigenvalue weighted by Gasteiger charge is -2.32. The Balaban J connectivity index is 1.87. The highest BCUT2D eigenvalue weighted by Crippen LogP contribution is 2.33.